The van der Waals surface area contributed by atoms with Crippen LogP contribution in [0.25, 0.3) is 11.0 Å². The van der Waals surface area contributed by atoms with Crippen LogP contribution in [0.1, 0.15) is 24.8 Å². The van der Waals surface area contributed by atoms with Crippen LogP contribution in [0, 0.1) is 5.92 Å². The number of β-amino-alcohol motifs (C(OH)–C–C–N with tert-alkyl or cyclic N) is 1. The number of nitrogen functional groups attached to an aromatic ring is 1. The van der Waals surface area contributed by atoms with Gasteiger partial charge in [-0.1, -0.05) is 6.42 Å². The van der Waals surface area contributed by atoms with Gasteiger partial charge in [-0.25, -0.2) is 9.97 Å². The van der Waals surface area contributed by atoms with Gasteiger partial charge in [-0.05, 0) is 12.8 Å². The third-order valence-corrected chi connectivity index (χ3v) is 6.61. The number of aliphatic hydroxyl groups is 1. The van der Waals surface area contributed by atoms with Gasteiger partial charge in [-0.15, -0.1) is 0 Å². The number of aromatic amines is 1. The molecule has 2 unspecified atom stereocenters. The highest BCUT2D eigenvalue weighted by atomic mass is 32.2. The maximum Gasteiger partial charge on any atom is 0.151 e. The molecule has 0 aromatic carbocycles. The molecule has 7 heteroatoms. The molecule has 3 heterocycles. The van der Waals surface area contributed by atoms with E-state index in [0.29, 0.717) is 11.7 Å². The number of nitrogens with two attached hydrogens (primary N) is 1. The van der Waals surface area contributed by atoms with Crippen molar-refractivity contribution in [3.63, 3.8) is 0 Å². The van der Waals surface area contributed by atoms with Crippen LogP contribution < -0.4 is 5.73 Å². The first kappa shape index (κ1) is 15.2. The van der Waals surface area contributed by atoms with Crippen molar-refractivity contribution in [1.29, 1.82) is 0 Å². The highest BCUT2D eigenvalue weighted by Gasteiger charge is 2.32. The van der Waals surface area contributed by atoms with E-state index in [9.17, 15) is 5.11 Å². The van der Waals surface area contributed by atoms with Gasteiger partial charge >= 0.3 is 0 Å². The molecule has 2 atom stereocenters. The predicted molar refractivity (Wildman–Crippen MR) is 93.2 cm³/mol. The van der Waals surface area contributed by atoms with Gasteiger partial charge < -0.3 is 15.8 Å². The predicted octanol–water partition coefficient (Wildman–Crippen LogP) is 1.62. The fourth-order valence-corrected chi connectivity index (χ4v) is 4.92. The van der Waals surface area contributed by atoms with Gasteiger partial charge in [0.25, 0.3) is 0 Å². The highest BCUT2D eigenvalue weighted by Crippen LogP contribution is 2.34. The summed E-state index contributed by atoms with van der Waals surface area (Å²) in [5.41, 5.74) is 8.68. The van der Waals surface area contributed by atoms with E-state index in [4.69, 9.17) is 5.73 Å². The van der Waals surface area contributed by atoms with Crippen LogP contribution in [0.3, 0.4) is 0 Å². The van der Waals surface area contributed by atoms with Crippen LogP contribution in [0.4, 0.5) is 5.82 Å². The van der Waals surface area contributed by atoms with E-state index < -0.39 is 0 Å². The van der Waals surface area contributed by atoms with Crippen LogP contribution in [0.2, 0.25) is 0 Å². The summed E-state index contributed by atoms with van der Waals surface area (Å²) in [5, 5.41) is 11.2. The number of aromatic nitrogens is 3. The summed E-state index contributed by atoms with van der Waals surface area (Å²) in [6.07, 6.45) is 7.33. The second-order valence-corrected chi connectivity index (χ2v) is 8.04. The van der Waals surface area contributed by atoms with Crippen molar-refractivity contribution in [3.8, 4) is 0 Å². The van der Waals surface area contributed by atoms with Gasteiger partial charge in [0.2, 0.25) is 0 Å². The normalized spacial score (nSPS) is 26.0. The topological polar surface area (TPSA) is 91.1 Å². The molecule has 0 spiro atoms. The Hall–Kier alpha value is -1.31. The second kappa shape index (κ2) is 6.30. The average Bonchev–Trinajstić information content (AvgIpc) is 3.03. The van der Waals surface area contributed by atoms with Crippen molar-refractivity contribution in [2.24, 2.45) is 5.92 Å². The van der Waals surface area contributed by atoms with E-state index in [1.165, 1.54) is 25.6 Å². The molecule has 0 bridgehead atoms. The number of nitrogens with zero attached hydrogens (tertiary/aromatic N) is 3. The van der Waals surface area contributed by atoms with Crippen molar-refractivity contribution in [1.82, 2.24) is 19.9 Å². The SMILES string of the molecule is Nc1ncnc2c(CN3CC(O)C(CSC4CCC4)C3)c[nH]c12. The van der Waals surface area contributed by atoms with Gasteiger partial charge in [0.05, 0.1) is 11.6 Å². The van der Waals surface area contributed by atoms with Crippen LogP contribution in [-0.2, 0) is 6.54 Å². The zero-order valence-electron chi connectivity index (χ0n) is 13.1. The quantitative estimate of drug-likeness (QED) is 0.770. The number of rotatable bonds is 5. The molecule has 1 saturated heterocycles. The number of anilines is 1. The third-order valence-electron chi connectivity index (χ3n) is 5.05. The van der Waals surface area contributed by atoms with Gasteiger partial charge in [0, 0.05) is 48.3 Å². The van der Waals surface area contributed by atoms with Crippen LogP contribution in [-0.4, -0.2) is 55.2 Å². The van der Waals surface area contributed by atoms with Crippen LogP contribution >= 0.6 is 11.8 Å². The Labute approximate surface area is 139 Å². The molecule has 2 fully saturated rings. The van der Waals surface area contributed by atoms with Gasteiger partial charge in [0.15, 0.2) is 5.82 Å². The van der Waals surface area contributed by atoms with E-state index in [2.05, 4.69) is 19.9 Å². The molecule has 1 aliphatic carbocycles. The van der Waals surface area contributed by atoms with Gasteiger partial charge in [-0.2, -0.15) is 11.8 Å². The molecule has 2 aromatic rings. The molecule has 23 heavy (non-hydrogen) atoms. The molecule has 6 nitrogen and oxygen atoms in total. The summed E-state index contributed by atoms with van der Waals surface area (Å²) in [4.78, 5) is 13.8. The number of thioether (sulfide) groups is 1. The first-order chi connectivity index (χ1) is 11.2. The number of H-pyrrole nitrogens is 1. The van der Waals surface area contributed by atoms with Crippen molar-refractivity contribution in [2.75, 3.05) is 24.6 Å². The Morgan fingerprint density at radius 1 is 1.35 bits per heavy atom. The Balaban J connectivity index is 1.39. The lowest BCUT2D eigenvalue weighted by molar-refractivity contribution is 0.149. The molecule has 1 saturated carbocycles. The zero-order valence-corrected chi connectivity index (χ0v) is 13.9. The van der Waals surface area contributed by atoms with Crippen LogP contribution in [0.5, 0.6) is 0 Å². The van der Waals surface area contributed by atoms with E-state index in [-0.39, 0.29) is 6.10 Å². The lowest BCUT2D eigenvalue weighted by Gasteiger charge is -2.26. The number of nitrogens with one attached hydrogen (secondary N) is 1. The Morgan fingerprint density at radius 3 is 3.00 bits per heavy atom. The minimum atomic E-state index is -0.215. The molecule has 2 aromatic heterocycles. The molecule has 4 rings (SSSR count). The monoisotopic (exact) mass is 333 g/mol. The van der Waals surface area contributed by atoms with E-state index >= 15 is 0 Å². The summed E-state index contributed by atoms with van der Waals surface area (Å²) in [7, 11) is 0. The molecular weight excluding hydrogens is 310 g/mol. The van der Waals surface area contributed by atoms with E-state index in [0.717, 1.165) is 47.2 Å². The Kier molecular flexibility index (Phi) is 4.17. The Bertz CT molecular complexity index is 686. The minimum Gasteiger partial charge on any atom is -0.391 e. The molecule has 4 N–H and O–H groups in total. The summed E-state index contributed by atoms with van der Waals surface area (Å²) in [5.74, 6) is 1.94. The maximum absolute atomic E-state index is 10.3. The molecule has 0 radical (unpaired) electrons. The molecule has 0 amide bonds. The number of fused-ring (bicyclic) bond motifs is 1. The Morgan fingerprint density at radius 2 is 2.22 bits per heavy atom. The summed E-state index contributed by atoms with van der Waals surface area (Å²) < 4.78 is 0. The molecular formula is C16H23N5OS. The largest absolute Gasteiger partial charge is 0.391 e. The smallest absolute Gasteiger partial charge is 0.151 e. The van der Waals surface area contributed by atoms with E-state index in [1.54, 1.807) is 0 Å². The minimum absolute atomic E-state index is 0.215. The average molecular weight is 333 g/mol. The maximum atomic E-state index is 10.3. The van der Waals surface area contributed by atoms with E-state index in [1.807, 2.05) is 18.0 Å². The first-order valence-corrected chi connectivity index (χ1v) is 9.34. The third kappa shape index (κ3) is 3.05. The fourth-order valence-electron chi connectivity index (χ4n) is 3.41. The highest BCUT2D eigenvalue weighted by molar-refractivity contribution is 7.99. The van der Waals surface area contributed by atoms with Crippen molar-refractivity contribution >= 4 is 28.6 Å². The number of hydrogen-bond acceptors (Lipinski definition) is 6. The summed E-state index contributed by atoms with van der Waals surface area (Å²) in [6, 6.07) is 0. The lowest BCUT2D eigenvalue weighted by atomic mass is 10.00. The summed E-state index contributed by atoms with van der Waals surface area (Å²) in [6.45, 7) is 2.48. The number of hydrogen-bond donors (Lipinski definition) is 3. The number of aliphatic hydroxyl groups excluding tert-OH is 1. The summed E-state index contributed by atoms with van der Waals surface area (Å²) >= 11 is 2.05. The standard InChI is InChI=1S/C16H23N5OS/c17-16-15-14(19-9-20-16)10(4-18-15)5-21-6-11(13(22)7-21)8-23-12-2-1-3-12/h4,9,11-13,18,22H,1-3,5-8H2,(H2,17,19,20). The number of likely N-dealkylation sites (tertiary alicyclic amines) is 1. The van der Waals surface area contributed by atoms with Crippen molar-refractivity contribution in [3.05, 3.63) is 18.1 Å². The van der Waals surface area contributed by atoms with Crippen molar-refractivity contribution in [2.45, 2.75) is 37.2 Å². The lowest BCUT2D eigenvalue weighted by Crippen LogP contribution is -2.23. The molecule has 1 aliphatic heterocycles. The second-order valence-electron chi connectivity index (χ2n) is 6.70. The molecule has 124 valence electrons. The van der Waals surface area contributed by atoms with Crippen molar-refractivity contribution < 1.29 is 5.11 Å². The van der Waals surface area contributed by atoms with Gasteiger partial charge in [0.1, 0.15) is 11.8 Å². The zero-order chi connectivity index (χ0) is 15.8. The fraction of sp³-hybridized carbons (Fsp3) is 0.625. The van der Waals surface area contributed by atoms with Gasteiger partial charge in [-0.3, -0.25) is 4.90 Å². The first-order valence-electron chi connectivity index (χ1n) is 8.29. The molecule has 2 aliphatic rings. The van der Waals surface area contributed by atoms with Crippen LogP contribution in [0.15, 0.2) is 12.5 Å².